The molecule has 1 aromatic heterocycles. The van der Waals surface area contributed by atoms with Gasteiger partial charge in [-0.1, -0.05) is 54.6 Å². The van der Waals surface area contributed by atoms with Crippen LogP contribution in [0, 0.1) is 5.82 Å². The molecule has 1 unspecified atom stereocenters. The maximum absolute atomic E-state index is 13.9. The number of fused-ring (bicyclic) bond motifs is 1. The Morgan fingerprint density at radius 2 is 1.57 bits per heavy atom. The first-order valence-corrected chi connectivity index (χ1v) is 17.7. The topological polar surface area (TPSA) is 81.1 Å². The van der Waals surface area contributed by atoms with Crippen molar-refractivity contribution in [3.63, 3.8) is 0 Å². The van der Waals surface area contributed by atoms with Gasteiger partial charge >= 0.3 is 0 Å². The van der Waals surface area contributed by atoms with Crippen LogP contribution in [0.5, 0.6) is 17.2 Å². The van der Waals surface area contributed by atoms with E-state index in [-0.39, 0.29) is 17.1 Å². The minimum Gasteiger partial charge on any atom is -0.493 e. The molecular formula is C41H46FN5O4. The third kappa shape index (κ3) is 7.23. The first kappa shape index (κ1) is 34.4. The van der Waals surface area contributed by atoms with Crippen molar-refractivity contribution in [3.05, 3.63) is 114 Å². The number of hydrogen-bond donors (Lipinski definition) is 1. The van der Waals surface area contributed by atoms with Crippen molar-refractivity contribution < 1.29 is 23.4 Å². The number of hydrogen-bond acceptors (Lipinski definition) is 7. The maximum atomic E-state index is 13.9. The van der Waals surface area contributed by atoms with Crippen molar-refractivity contribution in [1.82, 2.24) is 19.4 Å². The molecule has 10 heteroatoms. The van der Waals surface area contributed by atoms with Crippen LogP contribution in [0.3, 0.4) is 0 Å². The number of rotatable bonds is 12. The molecule has 1 N–H and O–H groups in total. The van der Waals surface area contributed by atoms with Crippen LogP contribution in [0.2, 0.25) is 0 Å². The number of ether oxygens (including phenoxy) is 3. The zero-order valence-corrected chi connectivity index (χ0v) is 29.6. The summed E-state index contributed by atoms with van der Waals surface area (Å²) in [5, 5.41) is 3.76. The Labute approximate surface area is 298 Å². The van der Waals surface area contributed by atoms with Gasteiger partial charge < -0.3 is 33.9 Å². The van der Waals surface area contributed by atoms with Gasteiger partial charge in [0, 0.05) is 43.2 Å². The first-order chi connectivity index (χ1) is 24.9. The summed E-state index contributed by atoms with van der Waals surface area (Å²) in [6.07, 6.45) is 3.87. The molecule has 9 nitrogen and oxygen atoms in total. The van der Waals surface area contributed by atoms with E-state index in [4.69, 9.17) is 19.2 Å². The largest absolute Gasteiger partial charge is 0.493 e. The van der Waals surface area contributed by atoms with Gasteiger partial charge in [-0.15, -0.1) is 0 Å². The molecule has 0 bridgehead atoms. The summed E-state index contributed by atoms with van der Waals surface area (Å²) in [6.45, 7) is 4.85. The number of carbonyl (C=O) groups is 1. The van der Waals surface area contributed by atoms with E-state index in [0.29, 0.717) is 48.5 Å². The Balaban J connectivity index is 1.01. The maximum Gasteiger partial charge on any atom is 0.254 e. The number of methoxy groups -OCH3 is 3. The molecule has 7 rings (SSSR count). The third-order valence-electron chi connectivity index (χ3n) is 10.7. The van der Waals surface area contributed by atoms with Crippen LogP contribution in [0.15, 0.2) is 91.0 Å². The van der Waals surface area contributed by atoms with Crippen LogP contribution >= 0.6 is 0 Å². The normalized spacial score (nSPS) is 18.2. The fourth-order valence-corrected chi connectivity index (χ4v) is 7.78. The molecule has 0 radical (unpaired) electrons. The Morgan fingerprint density at radius 3 is 2.25 bits per heavy atom. The standard InChI is InChI=1S/C41H46FN5O4/c1-49-36-25-30(26-37(50-2)38(36)51-3)39(48)46-24-20-41(28-46,31-9-5-4-6-10-31)19-23-45-21-17-33(18-22-45)43-40-44-34-11-7-8-12-35(34)47(40)27-29-13-15-32(42)16-14-29/h4-16,25-26,33H,17-24,27-28H2,1-3H3,(H,43,44). The van der Waals surface area contributed by atoms with E-state index >= 15 is 0 Å². The second-order valence-electron chi connectivity index (χ2n) is 13.7. The molecule has 1 atom stereocenters. The predicted molar refractivity (Wildman–Crippen MR) is 198 cm³/mol. The number of carbonyl (C=O) groups excluding carboxylic acids is 1. The summed E-state index contributed by atoms with van der Waals surface area (Å²) >= 11 is 0. The number of imidazole rings is 1. The molecule has 5 aromatic rings. The fraction of sp³-hybridized carbons (Fsp3) is 0.366. The summed E-state index contributed by atoms with van der Waals surface area (Å²) in [5.41, 5.74) is 4.69. The Hall–Kier alpha value is -5.09. The molecule has 2 aliphatic rings. The van der Waals surface area contributed by atoms with Crippen molar-refractivity contribution in [1.29, 1.82) is 0 Å². The van der Waals surface area contributed by atoms with Gasteiger partial charge in [0.2, 0.25) is 11.7 Å². The number of aromatic nitrogens is 2. The summed E-state index contributed by atoms with van der Waals surface area (Å²) in [6, 6.07) is 29.3. The monoisotopic (exact) mass is 691 g/mol. The van der Waals surface area contributed by atoms with Gasteiger partial charge in [0.1, 0.15) is 5.82 Å². The lowest BCUT2D eigenvalue weighted by molar-refractivity contribution is 0.0779. The van der Waals surface area contributed by atoms with E-state index < -0.39 is 0 Å². The molecule has 4 aromatic carbocycles. The highest BCUT2D eigenvalue weighted by Crippen LogP contribution is 2.41. The van der Waals surface area contributed by atoms with Crippen molar-refractivity contribution in [2.75, 3.05) is 59.4 Å². The Morgan fingerprint density at radius 1 is 0.882 bits per heavy atom. The summed E-state index contributed by atoms with van der Waals surface area (Å²) in [7, 11) is 4.69. The number of benzene rings is 4. The highest BCUT2D eigenvalue weighted by Gasteiger charge is 2.42. The van der Waals surface area contributed by atoms with E-state index in [0.717, 1.165) is 67.9 Å². The zero-order valence-electron chi connectivity index (χ0n) is 29.6. The third-order valence-corrected chi connectivity index (χ3v) is 10.7. The number of nitrogens with one attached hydrogen (secondary N) is 1. The van der Waals surface area contributed by atoms with Gasteiger partial charge in [-0.3, -0.25) is 4.79 Å². The van der Waals surface area contributed by atoms with Gasteiger partial charge in [0.05, 0.1) is 38.9 Å². The molecule has 1 amide bonds. The van der Waals surface area contributed by atoms with Crippen LogP contribution in [0.4, 0.5) is 10.3 Å². The molecule has 2 aliphatic heterocycles. The molecule has 0 aliphatic carbocycles. The number of anilines is 1. The van der Waals surface area contributed by atoms with Crippen LogP contribution < -0.4 is 19.5 Å². The Kier molecular flexibility index (Phi) is 10.1. The number of nitrogens with zero attached hydrogens (tertiary/aromatic N) is 4. The van der Waals surface area contributed by atoms with Gasteiger partial charge in [-0.25, -0.2) is 9.37 Å². The smallest absolute Gasteiger partial charge is 0.254 e. The van der Waals surface area contributed by atoms with E-state index in [1.54, 1.807) is 33.5 Å². The quantitative estimate of drug-likeness (QED) is 0.151. The summed E-state index contributed by atoms with van der Waals surface area (Å²) in [4.78, 5) is 23.4. The van der Waals surface area contributed by atoms with Crippen molar-refractivity contribution in [2.24, 2.45) is 0 Å². The second kappa shape index (κ2) is 15.0. The molecule has 266 valence electrons. The highest BCUT2D eigenvalue weighted by molar-refractivity contribution is 5.96. The molecule has 51 heavy (non-hydrogen) atoms. The van der Waals surface area contributed by atoms with E-state index in [1.807, 2.05) is 35.2 Å². The minimum absolute atomic E-state index is 0.0376. The molecule has 2 saturated heterocycles. The number of para-hydroxylation sites is 2. The first-order valence-electron chi connectivity index (χ1n) is 17.7. The van der Waals surface area contributed by atoms with Gasteiger partial charge in [0.15, 0.2) is 11.5 Å². The molecule has 0 saturated carbocycles. The lowest BCUT2D eigenvalue weighted by Crippen LogP contribution is -2.42. The van der Waals surface area contributed by atoms with Crippen LogP contribution in [0.25, 0.3) is 11.0 Å². The Bertz CT molecular complexity index is 1930. The minimum atomic E-state index is -0.233. The van der Waals surface area contributed by atoms with E-state index in [9.17, 15) is 9.18 Å². The van der Waals surface area contributed by atoms with Crippen LogP contribution in [0.1, 0.15) is 47.2 Å². The molecular weight excluding hydrogens is 645 g/mol. The average Bonchev–Trinajstić information content (AvgIpc) is 3.77. The molecule has 2 fully saturated rings. The number of halogens is 1. The SMILES string of the molecule is COc1cc(C(=O)N2CCC(CCN3CCC(Nc4nc5ccccc5n4Cc4ccc(F)cc4)CC3)(c3ccccc3)C2)cc(OC)c1OC. The zero-order chi connectivity index (χ0) is 35.4. The van der Waals surface area contributed by atoms with Crippen LogP contribution in [-0.2, 0) is 12.0 Å². The van der Waals surface area contributed by atoms with Gasteiger partial charge in [-0.05, 0) is 79.8 Å². The van der Waals surface area contributed by atoms with Gasteiger partial charge in [0.25, 0.3) is 5.91 Å². The van der Waals surface area contributed by atoms with E-state index in [1.165, 1.54) is 17.7 Å². The van der Waals surface area contributed by atoms with Crippen molar-refractivity contribution in [2.45, 2.75) is 43.7 Å². The fourth-order valence-electron chi connectivity index (χ4n) is 7.78. The molecule has 0 spiro atoms. The second-order valence-corrected chi connectivity index (χ2v) is 13.7. The lowest BCUT2D eigenvalue weighted by Gasteiger charge is -2.36. The molecule has 3 heterocycles. The van der Waals surface area contributed by atoms with Crippen molar-refractivity contribution >= 4 is 22.9 Å². The predicted octanol–water partition coefficient (Wildman–Crippen LogP) is 7.00. The number of amides is 1. The van der Waals surface area contributed by atoms with Crippen molar-refractivity contribution in [3.8, 4) is 17.2 Å². The lowest BCUT2D eigenvalue weighted by atomic mass is 9.76. The van der Waals surface area contributed by atoms with Crippen LogP contribution in [-0.4, -0.2) is 85.4 Å². The van der Waals surface area contributed by atoms with Gasteiger partial charge in [-0.2, -0.15) is 0 Å². The average molecular weight is 692 g/mol. The summed E-state index contributed by atoms with van der Waals surface area (Å²) < 4.78 is 32.4. The van der Waals surface area contributed by atoms with E-state index in [2.05, 4.69) is 51.2 Å². The highest BCUT2D eigenvalue weighted by atomic mass is 19.1. The number of piperidine rings is 1. The number of likely N-dealkylation sites (tertiary alicyclic amines) is 2. The summed E-state index contributed by atoms with van der Waals surface area (Å²) in [5.74, 6) is 1.99.